The van der Waals surface area contributed by atoms with E-state index in [9.17, 15) is 0 Å². The summed E-state index contributed by atoms with van der Waals surface area (Å²) in [6.07, 6.45) is 12.7. The molecule has 0 amide bonds. The van der Waals surface area contributed by atoms with E-state index in [1.54, 1.807) is 0 Å². The Morgan fingerprint density at radius 1 is 0.941 bits per heavy atom. The van der Waals surface area contributed by atoms with Crippen LogP contribution in [0.3, 0.4) is 0 Å². The summed E-state index contributed by atoms with van der Waals surface area (Å²) in [6.45, 7) is 2.02. The lowest BCUT2D eigenvalue weighted by Gasteiger charge is -2.22. The van der Waals surface area contributed by atoms with Crippen molar-refractivity contribution >= 4 is 0 Å². The molecule has 17 heavy (non-hydrogen) atoms. The molecule has 2 atom stereocenters. The first-order valence-electron chi connectivity index (χ1n) is 7.63. The van der Waals surface area contributed by atoms with Crippen molar-refractivity contribution in [3.8, 4) is 0 Å². The standard InChI is InChI=1S/C15H29NO/c1-16-15-7-6-14(12-15)5-3-2-4-13-8-10-17-11-9-13/h13-16H,2-12H2,1H3. The van der Waals surface area contributed by atoms with Crippen molar-refractivity contribution in [2.24, 2.45) is 11.8 Å². The Bertz CT molecular complexity index is 201. The van der Waals surface area contributed by atoms with Crippen LogP contribution in [0.5, 0.6) is 0 Å². The highest BCUT2D eigenvalue weighted by molar-refractivity contribution is 4.79. The summed E-state index contributed by atoms with van der Waals surface area (Å²) >= 11 is 0. The van der Waals surface area contributed by atoms with E-state index >= 15 is 0 Å². The maximum atomic E-state index is 5.40. The summed E-state index contributed by atoms with van der Waals surface area (Å²) < 4.78 is 5.40. The van der Waals surface area contributed by atoms with Gasteiger partial charge in [0.1, 0.15) is 0 Å². The van der Waals surface area contributed by atoms with Gasteiger partial charge in [0.05, 0.1) is 0 Å². The van der Waals surface area contributed by atoms with E-state index in [0.717, 1.165) is 31.1 Å². The second-order valence-corrected chi connectivity index (χ2v) is 6.00. The molecule has 2 rings (SSSR count). The van der Waals surface area contributed by atoms with Gasteiger partial charge >= 0.3 is 0 Å². The van der Waals surface area contributed by atoms with Crippen molar-refractivity contribution < 1.29 is 4.74 Å². The van der Waals surface area contributed by atoms with Crippen LogP contribution in [-0.4, -0.2) is 26.3 Å². The van der Waals surface area contributed by atoms with Crippen LogP contribution in [0.4, 0.5) is 0 Å². The average molecular weight is 239 g/mol. The van der Waals surface area contributed by atoms with Crippen molar-refractivity contribution in [3.05, 3.63) is 0 Å². The monoisotopic (exact) mass is 239 g/mol. The Morgan fingerprint density at radius 3 is 2.29 bits per heavy atom. The second-order valence-electron chi connectivity index (χ2n) is 6.00. The number of nitrogens with one attached hydrogen (secondary N) is 1. The third kappa shape index (κ3) is 4.59. The molecule has 2 aliphatic rings. The molecule has 1 heterocycles. The topological polar surface area (TPSA) is 21.3 Å². The van der Waals surface area contributed by atoms with E-state index < -0.39 is 0 Å². The Kier molecular flexibility index (Phi) is 5.79. The molecule has 0 aromatic heterocycles. The van der Waals surface area contributed by atoms with Gasteiger partial charge in [-0.15, -0.1) is 0 Å². The van der Waals surface area contributed by atoms with Crippen molar-refractivity contribution in [2.45, 2.75) is 63.8 Å². The van der Waals surface area contributed by atoms with Crippen LogP contribution in [0.2, 0.25) is 0 Å². The van der Waals surface area contributed by atoms with Gasteiger partial charge in [-0.25, -0.2) is 0 Å². The zero-order chi connectivity index (χ0) is 11.9. The van der Waals surface area contributed by atoms with Crippen LogP contribution in [-0.2, 0) is 4.74 Å². The molecule has 1 N–H and O–H groups in total. The van der Waals surface area contributed by atoms with E-state index in [4.69, 9.17) is 4.74 Å². The second kappa shape index (κ2) is 7.38. The zero-order valence-corrected chi connectivity index (χ0v) is 11.4. The molecule has 1 aliphatic heterocycles. The normalized spacial score (nSPS) is 30.9. The highest BCUT2D eigenvalue weighted by atomic mass is 16.5. The Hall–Kier alpha value is -0.0800. The molecule has 2 unspecified atom stereocenters. The van der Waals surface area contributed by atoms with Gasteiger partial charge in [-0.3, -0.25) is 0 Å². The van der Waals surface area contributed by atoms with E-state index in [2.05, 4.69) is 12.4 Å². The number of hydrogen-bond donors (Lipinski definition) is 1. The van der Waals surface area contributed by atoms with Crippen LogP contribution < -0.4 is 5.32 Å². The smallest absolute Gasteiger partial charge is 0.0468 e. The lowest BCUT2D eigenvalue weighted by Crippen LogP contribution is -2.21. The van der Waals surface area contributed by atoms with E-state index in [1.807, 2.05) is 0 Å². The molecular formula is C15H29NO. The SMILES string of the molecule is CNC1CCC(CCCCC2CCOCC2)C1. The van der Waals surface area contributed by atoms with Crippen molar-refractivity contribution in [2.75, 3.05) is 20.3 Å². The summed E-state index contributed by atoms with van der Waals surface area (Å²) in [6, 6.07) is 0.815. The first-order valence-corrected chi connectivity index (χ1v) is 7.63. The fourth-order valence-corrected chi connectivity index (χ4v) is 3.50. The Labute approximate surface area is 107 Å². The number of rotatable bonds is 6. The third-order valence-corrected chi connectivity index (χ3v) is 4.77. The van der Waals surface area contributed by atoms with Crippen LogP contribution >= 0.6 is 0 Å². The molecule has 1 saturated carbocycles. The van der Waals surface area contributed by atoms with Gasteiger partial charge in [-0.05, 0) is 51.0 Å². The predicted molar refractivity (Wildman–Crippen MR) is 72.2 cm³/mol. The average Bonchev–Trinajstić information content (AvgIpc) is 2.84. The molecule has 0 bridgehead atoms. The van der Waals surface area contributed by atoms with Gasteiger partial charge in [-0.1, -0.05) is 25.7 Å². The lowest BCUT2D eigenvalue weighted by atomic mass is 9.92. The van der Waals surface area contributed by atoms with Gasteiger partial charge in [0.25, 0.3) is 0 Å². The van der Waals surface area contributed by atoms with Crippen molar-refractivity contribution in [3.63, 3.8) is 0 Å². The van der Waals surface area contributed by atoms with Gasteiger partial charge in [-0.2, -0.15) is 0 Å². The lowest BCUT2D eigenvalue weighted by molar-refractivity contribution is 0.0630. The van der Waals surface area contributed by atoms with Crippen LogP contribution in [0.1, 0.15) is 57.8 Å². The molecular weight excluding hydrogens is 210 g/mol. The molecule has 0 radical (unpaired) electrons. The molecule has 0 aromatic carbocycles. The number of ether oxygens (including phenoxy) is 1. The molecule has 100 valence electrons. The molecule has 2 nitrogen and oxygen atoms in total. The van der Waals surface area contributed by atoms with E-state index in [-0.39, 0.29) is 0 Å². The molecule has 0 aromatic rings. The van der Waals surface area contributed by atoms with Crippen LogP contribution in [0.25, 0.3) is 0 Å². The Balaban J connectivity index is 1.48. The summed E-state index contributed by atoms with van der Waals surface area (Å²) in [4.78, 5) is 0. The van der Waals surface area contributed by atoms with E-state index in [1.165, 1.54) is 57.8 Å². The summed E-state index contributed by atoms with van der Waals surface area (Å²) in [5.74, 6) is 1.99. The maximum Gasteiger partial charge on any atom is 0.0468 e. The highest BCUT2D eigenvalue weighted by Gasteiger charge is 2.22. The summed E-state index contributed by atoms with van der Waals surface area (Å²) in [5, 5.41) is 3.42. The van der Waals surface area contributed by atoms with Crippen LogP contribution in [0.15, 0.2) is 0 Å². The minimum atomic E-state index is 0.815. The fraction of sp³-hybridized carbons (Fsp3) is 1.00. The third-order valence-electron chi connectivity index (χ3n) is 4.77. The maximum absolute atomic E-state index is 5.40. The Morgan fingerprint density at radius 2 is 1.65 bits per heavy atom. The summed E-state index contributed by atoms with van der Waals surface area (Å²) in [7, 11) is 2.11. The van der Waals surface area contributed by atoms with Crippen LogP contribution in [0, 0.1) is 11.8 Å². The zero-order valence-electron chi connectivity index (χ0n) is 11.4. The van der Waals surface area contributed by atoms with Crippen molar-refractivity contribution in [1.82, 2.24) is 5.32 Å². The minimum Gasteiger partial charge on any atom is -0.381 e. The van der Waals surface area contributed by atoms with Gasteiger partial charge < -0.3 is 10.1 Å². The minimum absolute atomic E-state index is 0.815. The summed E-state index contributed by atoms with van der Waals surface area (Å²) in [5.41, 5.74) is 0. The predicted octanol–water partition coefficient (Wildman–Crippen LogP) is 3.36. The first-order chi connectivity index (χ1) is 8.38. The fourth-order valence-electron chi connectivity index (χ4n) is 3.50. The largest absolute Gasteiger partial charge is 0.381 e. The number of unbranched alkanes of at least 4 members (excludes halogenated alkanes) is 1. The van der Waals surface area contributed by atoms with Gasteiger partial charge in [0.15, 0.2) is 0 Å². The molecule has 0 spiro atoms. The molecule has 1 saturated heterocycles. The molecule has 2 fully saturated rings. The number of hydrogen-bond acceptors (Lipinski definition) is 2. The van der Waals surface area contributed by atoms with Gasteiger partial charge in [0.2, 0.25) is 0 Å². The van der Waals surface area contributed by atoms with Gasteiger partial charge in [0, 0.05) is 19.3 Å². The highest BCUT2D eigenvalue weighted by Crippen LogP contribution is 2.30. The van der Waals surface area contributed by atoms with E-state index in [0.29, 0.717) is 0 Å². The quantitative estimate of drug-likeness (QED) is 0.718. The first kappa shape index (κ1) is 13.4. The molecule has 2 heteroatoms. The molecule has 1 aliphatic carbocycles. The van der Waals surface area contributed by atoms with Crippen molar-refractivity contribution in [1.29, 1.82) is 0 Å².